The zero-order chi connectivity index (χ0) is 37.2. The van der Waals surface area contributed by atoms with Crippen LogP contribution in [0, 0.1) is 0 Å². The predicted molar refractivity (Wildman–Crippen MR) is 238 cm³/mol. The lowest BCUT2D eigenvalue weighted by Gasteiger charge is -2.25. The Bertz CT molecular complexity index is 3260. The van der Waals surface area contributed by atoms with Gasteiger partial charge in [-0.05, 0) is 83.9 Å². The minimum absolute atomic E-state index is 1.03. The van der Waals surface area contributed by atoms with Crippen LogP contribution in [0.2, 0.25) is 0 Å². The molecule has 3 aromatic heterocycles. The number of anilines is 3. The van der Waals surface area contributed by atoms with Gasteiger partial charge in [0.1, 0.15) is 0 Å². The summed E-state index contributed by atoms with van der Waals surface area (Å²) in [5, 5.41) is 5.93. The van der Waals surface area contributed by atoms with Crippen molar-refractivity contribution in [3.63, 3.8) is 0 Å². The van der Waals surface area contributed by atoms with E-state index < -0.39 is 0 Å². The topological polar surface area (TPSA) is 28.4 Å². The second-order valence-electron chi connectivity index (χ2n) is 14.3. The number of benzene rings is 8. The van der Waals surface area contributed by atoms with Crippen LogP contribution in [0.15, 0.2) is 201 Å². The maximum Gasteiger partial charge on any atom is 0.0705 e. The van der Waals surface area contributed by atoms with E-state index in [0.29, 0.717) is 0 Å². The lowest BCUT2D eigenvalue weighted by molar-refractivity contribution is 1.17. The molecule has 0 amide bonds. The van der Waals surface area contributed by atoms with Crippen LogP contribution in [0.4, 0.5) is 17.1 Å². The lowest BCUT2D eigenvalue weighted by Crippen LogP contribution is -2.09. The van der Waals surface area contributed by atoms with Gasteiger partial charge < -0.3 is 18.9 Å². The Morgan fingerprint density at radius 2 is 1.11 bits per heavy atom. The molecule has 56 heavy (non-hydrogen) atoms. The van der Waals surface area contributed by atoms with Crippen molar-refractivity contribution < 1.29 is 0 Å². The molecule has 0 aliphatic carbocycles. The number of hydrogen-bond donors (Lipinski definition) is 1. The van der Waals surface area contributed by atoms with E-state index >= 15 is 0 Å². The van der Waals surface area contributed by atoms with Gasteiger partial charge in [0.2, 0.25) is 0 Å². The van der Waals surface area contributed by atoms with Crippen LogP contribution >= 0.6 is 0 Å². The Morgan fingerprint density at radius 1 is 0.482 bits per heavy atom. The SMILES string of the molecule is C=Cc1cccc2c1[nH]c1cc3c(cc1n1c(-c4ccccc4)cc4cccc2c41)c1ccccc1n3-c1ccc(N(c2ccccc2)c2ccccc2)cc1. The zero-order valence-corrected chi connectivity index (χ0v) is 30.6. The molecular formula is C52H36N4. The average Bonchev–Trinajstić information content (AvgIpc) is 3.80. The van der Waals surface area contributed by atoms with Gasteiger partial charge in [-0.25, -0.2) is 0 Å². The minimum atomic E-state index is 1.03. The first-order valence-electron chi connectivity index (χ1n) is 19.1. The number of fused-ring (bicyclic) bond motifs is 7. The normalized spacial score (nSPS) is 11.6. The third-order valence-electron chi connectivity index (χ3n) is 11.2. The molecule has 264 valence electrons. The fourth-order valence-electron chi connectivity index (χ4n) is 8.71. The molecule has 11 aromatic rings. The summed E-state index contributed by atoms with van der Waals surface area (Å²) in [6.45, 7) is 4.22. The van der Waals surface area contributed by atoms with Gasteiger partial charge in [-0.2, -0.15) is 0 Å². The molecular weight excluding hydrogens is 681 g/mol. The molecule has 3 heterocycles. The molecule has 0 unspecified atom stereocenters. The van der Waals surface area contributed by atoms with E-state index in [1.54, 1.807) is 0 Å². The number of aromatic nitrogens is 3. The Labute approximate surface area is 324 Å². The average molecular weight is 717 g/mol. The summed E-state index contributed by atoms with van der Waals surface area (Å²) >= 11 is 0. The predicted octanol–water partition coefficient (Wildman–Crippen LogP) is 14.2. The minimum Gasteiger partial charge on any atom is -0.353 e. The molecule has 0 saturated heterocycles. The molecule has 0 saturated carbocycles. The molecule has 0 atom stereocenters. The van der Waals surface area contributed by atoms with E-state index in [9.17, 15) is 0 Å². The van der Waals surface area contributed by atoms with Crippen molar-refractivity contribution in [1.82, 2.24) is 14.0 Å². The molecule has 0 aliphatic heterocycles. The summed E-state index contributed by atoms with van der Waals surface area (Å²) in [5.41, 5.74) is 14.5. The van der Waals surface area contributed by atoms with Gasteiger partial charge >= 0.3 is 0 Å². The highest BCUT2D eigenvalue weighted by Gasteiger charge is 2.19. The van der Waals surface area contributed by atoms with Crippen LogP contribution in [-0.2, 0) is 0 Å². The molecule has 4 nitrogen and oxygen atoms in total. The fourth-order valence-corrected chi connectivity index (χ4v) is 8.71. The van der Waals surface area contributed by atoms with Crippen molar-refractivity contribution in [2.24, 2.45) is 0 Å². The lowest BCUT2D eigenvalue weighted by atomic mass is 10.0. The van der Waals surface area contributed by atoms with Crippen molar-refractivity contribution in [1.29, 1.82) is 0 Å². The summed E-state index contributed by atoms with van der Waals surface area (Å²) in [6.07, 6.45) is 1.95. The van der Waals surface area contributed by atoms with Crippen LogP contribution < -0.4 is 4.90 Å². The van der Waals surface area contributed by atoms with E-state index in [0.717, 1.165) is 67.0 Å². The van der Waals surface area contributed by atoms with E-state index in [2.05, 4.69) is 220 Å². The number of rotatable bonds is 6. The first-order valence-corrected chi connectivity index (χ1v) is 19.1. The van der Waals surface area contributed by atoms with Crippen molar-refractivity contribution in [2.75, 3.05) is 4.90 Å². The van der Waals surface area contributed by atoms with Gasteiger partial charge in [0, 0.05) is 49.7 Å². The number of nitrogens with zero attached hydrogens (tertiary/aromatic N) is 3. The highest BCUT2D eigenvalue weighted by Crippen LogP contribution is 2.40. The van der Waals surface area contributed by atoms with Gasteiger partial charge in [0.05, 0.1) is 38.8 Å². The number of H-pyrrole nitrogens is 1. The molecule has 0 radical (unpaired) electrons. The smallest absolute Gasteiger partial charge is 0.0705 e. The highest BCUT2D eigenvalue weighted by atomic mass is 15.1. The fraction of sp³-hybridized carbons (Fsp3) is 0. The van der Waals surface area contributed by atoms with E-state index in [1.165, 1.54) is 32.6 Å². The standard InChI is InChI=1S/C52H36N4/c1-2-35-18-14-25-43-44-26-15-19-37-32-48(36-16-6-3-7-17-36)56(52(37)44)50-33-45-42-24-12-13-27-47(42)55(49(45)34-46(50)53-51(35)43)41-30-28-40(29-31-41)54(38-20-8-4-9-21-38)39-22-10-5-11-23-39/h2-34,53H,1H2. The zero-order valence-electron chi connectivity index (χ0n) is 30.6. The van der Waals surface area contributed by atoms with Crippen LogP contribution in [0.5, 0.6) is 0 Å². The molecule has 11 rings (SSSR count). The van der Waals surface area contributed by atoms with Crippen molar-refractivity contribution in [2.45, 2.75) is 0 Å². The largest absolute Gasteiger partial charge is 0.353 e. The van der Waals surface area contributed by atoms with Crippen molar-refractivity contribution >= 4 is 83.2 Å². The molecule has 4 heteroatoms. The summed E-state index contributed by atoms with van der Waals surface area (Å²) < 4.78 is 4.87. The Hall–Kier alpha value is -7.56. The summed E-state index contributed by atoms with van der Waals surface area (Å²) in [5.74, 6) is 0. The van der Waals surface area contributed by atoms with Crippen LogP contribution in [-0.4, -0.2) is 14.0 Å². The van der Waals surface area contributed by atoms with Crippen LogP contribution in [0.25, 0.3) is 83.1 Å². The number of nitrogens with one attached hydrogen (secondary N) is 1. The maximum atomic E-state index is 4.22. The summed E-state index contributed by atoms with van der Waals surface area (Å²) in [6, 6.07) is 69.8. The van der Waals surface area contributed by atoms with Gasteiger partial charge in [-0.3, -0.25) is 0 Å². The van der Waals surface area contributed by atoms with E-state index in [4.69, 9.17) is 0 Å². The number of hydrogen-bond acceptors (Lipinski definition) is 1. The van der Waals surface area contributed by atoms with Gasteiger partial charge in [-0.1, -0.05) is 134 Å². The summed E-state index contributed by atoms with van der Waals surface area (Å²) in [7, 11) is 0. The Kier molecular flexibility index (Phi) is 7.29. The number of aromatic amines is 1. The van der Waals surface area contributed by atoms with Gasteiger partial charge in [-0.15, -0.1) is 0 Å². The molecule has 0 spiro atoms. The summed E-state index contributed by atoms with van der Waals surface area (Å²) in [4.78, 5) is 6.28. The van der Waals surface area contributed by atoms with Crippen LogP contribution in [0.1, 0.15) is 5.56 Å². The molecule has 1 N–H and O–H groups in total. The number of para-hydroxylation sites is 5. The van der Waals surface area contributed by atoms with Crippen LogP contribution in [0.3, 0.4) is 0 Å². The Morgan fingerprint density at radius 3 is 1.84 bits per heavy atom. The first-order chi connectivity index (χ1) is 27.7. The van der Waals surface area contributed by atoms with E-state index in [-0.39, 0.29) is 0 Å². The van der Waals surface area contributed by atoms with Crippen molar-refractivity contribution in [3.05, 3.63) is 206 Å². The third-order valence-corrected chi connectivity index (χ3v) is 11.2. The first kappa shape index (κ1) is 31.9. The second kappa shape index (κ2) is 12.8. The second-order valence-corrected chi connectivity index (χ2v) is 14.3. The monoisotopic (exact) mass is 716 g/mol. The quantitative estimate of drug-likeness (QED) is 0.182. The molecule has 0 fully saturated rings. The Balaban J connectivity index is 1.23. The highest BCUT2D eigenvalue weighted by molar-refractivity contribution is 6.17. The van der Waals surface area contributed by atoms with Gasteiger partial charge in [0.15, 0.2) is 0 Å². The van der Waals surface area contributed by atoms with E-state index in [1.807, 2.05) is 6.08 Å². The molecule has 0 bridgehead atoms. The molecule has 8 aromatic carbocycles. The van der Waals surface area contributed by atoms with Gasteiger partial charge in [0.25, 0.3) is 0 Å². The third kappa shape index (κ3) is 4.93. The van der Waals surface area contributed by atoms with Crippen molar-refractivity contribution in [3.8, 4) is 16.9 Å². The maximum absolute atomic E-state index is 4.22. The molecule has 0 aliphatic rings.